The summed E-state index contributed by atoms with van der Waals surface area (Å²) >= 11 is 0. The number of likely N-dealkylation sites (N-methyl/N-ethyl adjacent to an activating group) is 1. The standard InChI is InChI=1S/C17H18N2O3S/c1-3-22-17(15-12-8-5-9-13-15)16(14-10-6-4-7-11-14)18-23(20,21)19(17)2/h4-13H,3H2,1-2H3. The molecule has 5 nitrogen and oxygen atoms in total. The Bertz CT molecular complexity index is 819. The highest BCUT2D eigenvalue weighted by Gasteiger charge is 2.54. The molecule has 0 bridgehead atoms. The summed E-state index contributed by atoms with van der Waals surface area (Å²) in [5.41, 5.74) is 0.579. The molecular formula is C17H18N2O3S. The van der Waals surface area contributed by atoms with Crippen LogP contribution in [0, 0.1) is 0 Å². The van der Waals surface area contributed by atoms with Crippen LogP contribution in [-0.4, -0.2) is 32.1 Å². The summed E-state index contributed by atoms with van der Waals surface area (Å²) in [6.45, 7) is 2.19. The van der Waals surface area contributed by atoms with Gasteiger partial charge in [-0.1, -0.05) is 60.7 Å². The maximum absolute atomic E-state index is 12.5. The van der Waals surface area contributed by atoms with Gasteiger partial charge in [-0.2, -0.15) is 8.42 Å². The van der Waals surface area contributed by atoms with Crippen LogP contribution in [0.15, 0.2) is 65.1 Å². The molecule has 0 radical (unpaired) electrons. The van der Waals surface area contributed by atoms with Gasteiger partial charge in [0.1, 0.15) is 5.71 Å². The first-order chi connectivity index (χ1) is 11.0. The summed E-state index contributed by atoms with van der Waals surface area (Å²) in [4.78, 5) is 0. The molecule has 1 aliphatic heterocycles. The van der Waals surface area contributed by atoms with Gasteiger partial charge in [-0.3, -0.25) is 0 Å². The molecule has 1 atom stereocenters. The molecule has 6 heteroatoms. The highest BCUT2D eigenvalue weighted by atomic mass is 32.2. The lowest BCUT2D eigenvalue weighted by Gasteiger charge is -2.35. The van der Waals surface area contributed by atoms with Gasteiger partial charge in [0.2, 0.25) is 5.72 Å². The molecule has 1 unspecified atom stereocenters. The van der Waals surface area contributed by atoms with Gasteiger partial charge >= 0.3 is 10.2 Å². The number of hydrogen-bond donors (Lipinski definition) is 0. The normalized spacial score (nSPS) is 23.7. The lowest BCUT2D eigenvalue weighted by Crippen LogP contribution is -2.49. The highest BCUT2D eigenvalue weighted by molar-refractivity contribution is 7.88. The van der Waals surface area contributed by atoms with Crippen LogP contribution in [-0.2, 0) is 20.7 Å². The molecule has 0 fully saturated rings. The molecule has 0 spiro atoms. The first-order valence-corrected chi connectivity index (χ1v) is 8.76. The fourth-order valence-electron chi connectivity index (χ4n) is 2.83. The van der Waals surface area contributed by atoms with Crippen molar-refractivity contribution in [2.24, 2.45) is 4.40 Å². The second-order valence-electron chi connectivity index (χ2n) is 5.19. The van der Waals surface area contributed by atoms with E-state index in [1.165, 1.54) is 11.4 Å². The number of benzene rings is 2. The minimum Gasteiger partial charge on any atom is -0.350 e. The zero-order chi connectivity index (χ0) is 16.5. The van der Waals surface area contributed by atoms with Gasteiger partial charge in [-0.25, -0.2) is 0 Å². The lowest BCUT2D eigenvalue weighted by molar-refractivity contribution is -0.0542. The van der Waals surface area contributed by atoms with Crippen molar-refractivity contribution in [3.8, 4) is 0 Å². The molecule has 0 aliphatic carbocycles. The van der Waals surface area contributed by atoms with Crippen LogP contribution < -0.4 is 0 Å². The Morgan fingerprint density at radius 2 is 1.61 bits per heavy atom. The van der Waals surface area contributed by atoms with Gasteiger partial charge in [-0.15, -0.1) is 8.70 Å². The van der Waals surface area contributed by atoms with Gasteiger partial charge in [0, 0.05) is 24.8 Å². The van der Waals surface area contributed by atoms with Crippen molar-refractivity contribution < 1.29 is 13.2 Å². The molecule has 0 saturated carbocycles. The van der Waals surface area contributed by atoms with Crippen LogP contribution in [0.5, 0.6) is 0 Å². The van der Waals surface area contributed by atoms with Crippen molar-refractivity contribution >= 4 is 15.9 Å². The first kappa shape index (κ1) is 15.9. The van der Waals surface area contributed by atoms with Crippen molar-refractivity contribution in [2.75, 3.05) is 13.7 Å². The Hall–Kier alpha value is -2.02. The highest BCUT2D eigenvalue weighted by Crippen LogP contribution is 2.40. The monoisotopic (exact) mass is 330 g/mol. The molecule has 2 aromatic carbocycles. The number of rotatable bonds is 4. The van der Waals surface area contributed by atoms with Crippen LogP contribution >= 0.6 is 0 Å². The van der Waals surface area contributed by atoms with Gasteiger partial charge in [0.05, 0.1) is 0 Å². The van der Waals surface area contributed by atoms with Crippen LogP contribution in [0.25, 0.3) is 0 Å². The molecular weight excluding hydrogens is 312 g/mol. The summed E-state index contributed by atoms with van der Waals surface area (Å²) in [6, 6.07) is 18.6. The maximum atomic E-state index is 12.5. The quantitative estimate of drug-likeness (QED) is 0.865. The maximum Gasteiger partial charge on any atom is 0.325 e. The zero-order valence-corrected chi connectivity index (χ0v) is 13.8. The second-order valence-corrected chi connectivity index (χ2v) is 6.82. The topological polar surface area (TPSA) is 59.0 Å². The van der Waals surface area contributed by atoms with E-state index in [4.69, 9.17) is 4.74 Å². The molecule has 23 heavy (non-hydrogen) atoms. The third-order valence-electron chi connectivity index (χ3n) is 3.88. The molecule has 3 rings (SSSR count). The Morgan fingerprint density at radius 3 is 2.17 bits per heavy atom. The van der Waals surface area contributed by atoms with Gasteiger partial charge in [0.25, 0.3) is 0 Å². The van der Waals surface area contributed by atoms with Crippen molar-refractivity contribution in [3.63, 3.8) is 0 Å². The van der Waals surface area contributed by atoms with E-state index in [9.17, 15) is 8.42 Å². The predicted octanol–water partition coefficient (Wildman–Crippen LogP) is 2.56. The average Bonchev–Trinajstić information content (AvgIpc) is 2.78. The molecule has 0 aromatic heterocycles. The van der Waals surface area contributed by atoms with Crippen LogP contribution in [0.1, 0.15) is 18.1 Å². The van der Waals surface area contributed by atoms with Crippen molar-refractivity contribution in [1.82, 2.24) is 4.31 Å². The van der Waals surface area contributed by atoms with Crippen LogP contribution in [0.2, 0.25) is 0 Å². The summed E-state index contributed by atoms with van der Waals surface area (Å²) in [6.07, 6.45) is 0. The van der Waals surface area contributed by atoms with E-state index >= 15 is 0 Å². The molecule has 1 heterocycles. The summed E-state index contributed by atoms with van der Waals surface area (Å²) in [7, 11) is -2.31. The van der Waals surface area contributed by atoms with E-state index < -0.39 is 15.9 Å². The zero-order valence-electron chi connectivity index (χ0n) is 13.0. The van der Waals surface area contributed by atoms with Crippen molar-refractivity contribution in [2.45, 2.75) is 12.6 Å². The number of nitrogens with zero attached hydrogens (tertiary/aromatic N) is 2. The minimum absolute atomic E-state index is 0.348. The van der Waals surface area contributed by atoms with E-state index in [1.807, 2.05) is 67.6 Å². The molecule has 1 aliphatic rings. The third-order valence-corrected chi connectivity index (χ3v) is 5.25. The molecule has 0 N–H and O–H groups in total. The smallest absolute Gasteiger partial charge is 0.325 e. The Morgan fingerprint density at radius 1 is 1.04 bits per heavy atom. The summed E-state index contributed by atoms with van der Waals surface area (Å²) < 4.78 is 36.1. The van der Waals surface area contributed by atoms with Gasteiger partial charge < -0.3 is 4.74 Å². The van der Waals surface area contributed by atoms with Crippen LogP contribution in [0.4, 0.5) is 0 Å². The second kappa shape index (κ2) is 5.88. The Labute approximate surface area is 136 Å². The Kier molecular flexibility index (Phi) is 4.06. The van der Waals surface area contributed by atoms with Crippen molar-refractivity contribution in [1.29, 1.82) is 0 Å². The average molecular weight is 330 g/mol. The van der Waals surface area contributed by atoms with E-state index in [0.717, 1.165) is 11.1 Å². The molecule has 120 valence electrons. The third kappa shape index (κ3) is 2.49. The van der Waals surface area contributed by atoms with Gasteiger partial charge in [0.15, 0.2) is 0 Å². The molecule has 0 amide bonds. The summed E-state index contributed by atoms with van der Waals surface area (Å²) in [5, 5.41) is 0. The first-order valence-electron chi connectivity index (χ1n) is 7.36. The number of hydrogen-bond acceptors (Lipinski definition) is 3. The minimum atomic E-state index is -3.80. The van der Waals surface area contributed by atoms with E-state index in [0.29, 0.717) is 12.3 Å². The molecule has 0 saturated heterocycles. The fraction of sp³-hybridized carbons (Fsp3) is 0.235. The fourth-order valence-corrected chi connectivity index (χ4v) is 3.98. The summed E-state index contributed by atoms with van der Waals surface area (Å²) in [5.74, 6) is 0. The largest absolute Gasteiger partial charge is 0.350 e. The van der Waals surface area contributed by atoms with Gasteiger partial charge in [-0.05, 0) is 6.92 Å². The lowest BCUT2D eigenvalue weighted by atomic mass is 9.92. The predicted molar refractivity (Wildman–Crippen MR) is 89.4 cm³/mol. The van der Waals surface area contributed by atoms with Crippen LogP contribution in [0.3, 0.4) is 0 Å². The van der Waals surface area contributed by atoms with E-state index in [1.54, 1.807) is 0 Å². The Balaban J connectivity index is 2.29. The number of ether oxygens (including phenoxy) is 1. The molecule has 2 aromatic rings. The van der Waals surface area contributed by atoms with E-state index in [-0.39, 0.29) is 0 Å². The van der Waals surface area contributed by atoms with E-state index in [2.05, 4.69) is 4.40 Å². The SMILES string of the molecule is CCOC1(c2ccccc2)C(c2ccccc2)=NS(=O)(=O)N1C. The van der Waals surface area contributed by atoms with Crippen molar-refractivity contribution in [3.05, 3.63) is 71.8 Å².